The molecule has 5 N–H and O–H groups in total. The SMILES string of the molecule is CNC(O)=S.COc1ccccn1.NC(O)=S.[NaH]. The van der Waals surface area contributed by atoms with Crippen LogP contribution >= 0.6 is 24.4 Å². The van der Waals surface area contributed by atoms with Crippen molar-refractivity contribution in [1.29, 1.82) is 0 Å². The van der Waals surface area contributed by atoms with Gasteiger partial charge in [0.25, 0.3) is 10.3 Å². The maximum atomic E-state index is 7.98. The average Bonchev–Trinajstić information content (AvgIpc) is 2.30. The zero-order valence-electron chi connectivity index (χ0n) is 9.45. The second-order valence-electron chi connectivity index (χ2n) is 2.27. The Hall–Kier alpha value is -0.670. The van der Waals surface area contributed by atoms with Crippen molar-refractivity contribution in [3.05, 3.63) is 24.4 Å². The van der Waals surface area contributed by atoms with Gasteiger partial charge in [-0.2, -0.15) is 0 Å². The number of pyridine rings is 1. The van der Waals surface area contributed by atoms with Gasteiger partial charge in [-0.05, 0) is 30.5 Å². The van der Waals surface area contributed by atoms with Crippen molar-refractivity contribution < 1.29 is 14.9 Å². The molecule has 0 radical (unpaired) electrons. The molecule has 0 aromatic carbocycles. The molecule has 0 unspecified atom stereocenters. The number of hydrogen-bond donors (Lipinski definition) is 4. The number of nitrogens with two attached hydrogens (primary N) is 1. The number of nitrogens with zero attached hydrogens (tertiary/aromatic N) is 1. The molecular formula is C9H16N3NaO3S2. The molecule has 0 bridgehead atoms. The molecule has 1 heterocycles. The zero-order chi connectivity index (χ0) is 13.7. The van der Waals surface area contributed by atoms with Gasteiger partial charge in [-0.15, -0.1) is 0 Å². The minimum absolute atomic E-state index is 0. The second kappa shape index (κ2) is 16.3. The van der Waals surface area contributed by atoms with Crippen LogP contribution in [-0.2, 0) is 0 Å². The number of thiocarbonyl (C=S) groups is 2. The monoisotopic (exact) mass is 301 g/mol. The molecule has 0 spiro atoms. The van der Waals surface area contributed by atoms with Crippen molar-refractivity contribution in [3.8, 4) is 5.88 Å². The van der Waals surface area contributed by atoms with Crippen LogP contribution in [0.4, 0.5) is 0 Å². The average molecular weight is 301 g/mol. The molecule has 0 aliphatic rings. The van der Waals surface area contributed by atoms with Crippen LogP contribution in [0.2, 0.25) is 0 Å². The summed E-state index contributed by atoms with van der Waals surface area (Å²) in [6.07, 6.45) is 1.69. The van der Waals surface area contributed by atoms with Crippen LogP contribution in [-0.4, -0.2) is 69.3 Å². The molecule has 0 saturated carbocycles. The topological polar surface area (TPSA) is 101 Å². The standard InChI is InChI=1S/C6H7NO.C2H5NOS.CH3NOS.Na.H/c1-8-6-4-2-3-5-7-6;1-3-2(4)5;2-1(3)4;;/h2-5H,1H3;1H3,(H2,3,4,5);(H3,2,3,4);;. The third kappa shape index (κ3) is 24.5. The Morgan fingerprint density at radius 1 is 1.39 bits per heavy atom. The van der Waals surface area contributed by atoms with Gasteiger partial charge >= 0.3 is 29.6 Å². The van der Waals surface area contributed by atoms with E-state index in [1.165, 1.54) is 0 Å². The van der Waals surface area contributed by atoms with Crippen molar-refractivity contribution in [2.24, 2.45) is 5.73 Å². The summed E-state index contributed by atoms with van der Waals surface area (Å²) >= 11 is 8.01. The van der Waals surface area contributed by atoms with Gasteiger partial charge in [0, 0.05) is 19.3 Å². The Morgan fingerprint density at radius 2 is 1.83 bits per heavy atom. The predicted molar refractivity (Wildman–Crippen MR) is 81.6 cm³/mol. The summed E-state index contributed by atoms with van der Waals surface area (Å²) in [6, 6.07) is 5.54. The molecule has 0 atom stereocenters. The molecule has 0 aliphatic heterocycles. The molecule has 98 valence electrons. The van der Waals surface area contributed by atoms with E-state index in [9.17, 15) is 0 Å². The molecule has 6 nitrogen and oxygen atoms in total. The van der Waals surface area contributed by atoms with E-state index in [0.717, 1.165) is 0 Å². The van der Waals surface area contributed by atoms with Gasteiger partial charge in [0.2, 0.25) is 5.88 Å². The van der Waals surface area contributed by atoms with Crippen molar-refractivity contribution in [2.45, 2.75) is 0 Å². The Morgan fingerprint density at radius 3 is 2.00 bits per heavy atom. The summed E-state index contributed by atoms with van der Waals surface area (Å²) in [5.41, 5.74) is 4.40. The molecule has 0 fully saturated rings. The first-order valence-corrected chi connectivity index (χ1v) is 5.09. The van der Waals surface area contributed by atoms with Crippen molar-refractivity contribution in [1.82, 2.24) is 10.3 Å². The van der Waals surface area contributed by atoms with E-state index < -0.39 is 5.17 Å². The number of aliphatic hydroxyl groups excluding tert-OH is 2. The molecule has 9 heteroatoms. The van der Waals surface area contributed by atoms with Crippen LogP contribution in [0.5, 0.6) is 5.88 Å². The summed E-state index contributed by atoms with van der Waals surface area (Å²) < 4.78 is 4.80. The first-order valence-electron chi connectivity index (χ1n) is 4.28. The van der Waals surface area contributed by atoms with Gasteiger partial charge in [-0.25, -0.2) is 4.98 Å². The summed E-state index contributed by atoms with van der Waals surface area (Å²) in [6.45, 7) is 0. The Labute approximate surface area is 139 Å². The van der Waals surface area contributed by atoms with E-state index in [4.69, 9.17) is 14.9 Å². The Balaban J connectivity index is -0.000000198. The Bertz CT molecular complexity index is 324. The number of methoxy groups -OCH3 is 1. The van der Waals surface area contributed by atoms with E-state index in [-0.39, 0.29) is 34.7 Å². The van der Waals surface area contributed by atoms with E-state index in [1.807, 2.05) is 12.1 Å². The molecule has 0 aliphatic carbocycles. The van der Waals surface area contributed by atoms with E-state index in [2.05, 4.69) is 40.5 Å². The van der Waals surface area contributed by atoms with Crippen molar-refractivity contribution >= 4 is 64.3 Å². The third-order valence-electron chi connectivity index (χ3n) is 1.06. The van der Waals surface area contributed by atoms with E-state index >= 15 is 0 Å². The molecule has 0 saturated heterocycles. The minimum atomic E-state index is -0.500. The van der Waals surface area contributed by atoms with Crippen molar-refractivity contribution in [2.75, 3.05) is 14.2 Å². The van der Waals surface area contributed by atoms with Crippen LogP contribution in [0.1, 0.15) is 0 Å². The molecule has 1 aromatic heterocycles. The number of nitrogens with one attached hydrogen (secondary N) is 1. The fourth-order valence-corrected chi connectivity index (χ4v) is 0.468. The molecular weight excluding hydrogens is 285 g/mol. The van der Waals surface area contributed by atoms with Gasteiger partial charge in [-0.1, -0.05) is 6.07 Å². The van der Waals surface area contributed by atoms with Gasteiger partial charge in [0.15, 0.2) is 0 Å². The van der Waals surface area contributed by atoms with Crippen molar-refractivity contribution in [3.63, 3.8) is 0 Å². The molecule has 0 amide bonds. The fraction of sp³-hybridized carbons (Fsp3) is 0.222. The summed E-state index contributed by atoms with van der Waals surface area (Å²) in [5, 5.41) is 17.2. The van der Waals surface area contributed by atoms with Gasteiger partial charge in [-0.3, -0.25) is 0 Å². The van der Waals surface area contributed by atoms with E-state index in [1.54, 1.807) is 26.4 Å². The quantitative estimate of drug-likeness (QED) is 0.433. The van der Waals surface area contributed by atoms with Crippen LogP contribution in [0.25, 0.3) is 0 Å². The fourth-order valence-electron chi connectivity index (χ4n) is 0.468. The number of aromatic nitrogens is 1. The van der Waals surface area contributed by atoms with Crippen LogP contribution < -0.4 is 15.8 Å². The van der Waals surface area contributed by atoms with E-state index in [0.29, 0.717) is 5.88 Å². The maximum absolute atomic E-state index is 7.98. The number of hydrogen-bond acceptors (Lipinski definition) is 4. The summed E-state index contributed by atoms with van der Waals surface area (Å²) in [4.78, 5) is 3.88. The number of aliphatic hydroxyl groups is 2. The zero-order valence-corrected chi connectivity index (χ0v) is 11.1. The Kier molecular flexibility index (Phi) is 20.4. The molecule has 1 rings (SSSR count). The van der Waals surface area contributed by atoms with Crippen LogP contribution in [0.15, 0.2) is 24.4 Å². The molecule has 18 heavy (non-hydrogen) atoms. The number of ether oxygens (including phenoxy) is 1. The normalized spacial score (nSPS) is 7.00. The van der Waals surface area contributed by atoms with Crippen LogP contribution in [0.3, 0.4) is 0 Å². The molecule has 1 aromatic rings. The third-order valence-corrected chi connectivity index (χ3v) is 1.26. The first kappa shape index (κ1) is 22.5. The van der Waals surface area contributed by atoms with Gasteiger partial charge in [0.1, 0.15) is 0 Å². The second-order valence-corrected chi connectivity index (χ2v) is 3.07. The first-order chi connectivity index (χ1) is 7.93. The predicted octanol–water partition coefficient (Wildman–Crippen LogP) is 0.278. The summed E-state index contributed by atoms with van der Waals surface area (Å²) in [5.74, 6) is 0.660. The van der Waals surface area contributed by atoms with Gasteiger partial charge in [0.05, 0.1) is 7.11 Å². The summed E-state index contributed by atoms with van der Waals surface area (Å²) in [7, 11) is 3.16. The van der Waals surface area contributed by atoms with Crippen LogP contribution in [0, 0.1) is 0 Å². The number of rotatable bonds is 1. The van der Waals surface area contributed by atoms with Gasteiger partial charge < -0.3 is 26.0 Å².